The molecule has 15 nitrogen and oxygen atoms in total. The minimum Gasteiger partial charge on any atom is -0.375 e. The number of carbonyl (C=O) groups excluding carboxylic acids is 4. The van der Waals surface area contributed by atoms with Crippen LogP contribution in [0, 0.1) is 11.8 Å². The summed E-state index contributed by atoms with van der Waals surface area (Å²) < 4.78 is 10.2. The van der Waals surface area contributed by atoms with Crippen molar-refractivity contribution in [2.75, 3.05) is 33.8 Å². The Morgan fingerprint density at radius 1 is 1.06 bits per heavy atom. The van der Waals surface area contributed by atoms with Gasteiger partial charge in [0.2, 0.25) is 17.7 Å². The number of pyridine rings is 1. The maximum Gasteiger partial charge on any atom is 0.259 e. The third-order valence-electron chi connectivity index (χ3n) is 13.9. The van der Waals surface area contributed by atoms with Crippen molar-refractivity contribution in [1.82, 2.24) is 50.1 Å². The van der Waals surface area contributed by atoms with Crippen LogP contribution in [0.25, 0.3) is 33.3 Å². The van der Waals surface area contributed by atoms with E-state index in [-0.39, 0.29) is 48.8 Å². The number of hydrogen-bond donors (Lipinski definition) is 2. The number of nitrogens with one attached hydrogen (secondary N) is 2. The molecule has 6 heterocycles. The summed E-state index contributed by atoms with van der Waals surface area (Å²) in [7, 11) is 3.35. The van der Waals surface area contributed by atoms with Gasteiger partial charge >= 0.3 is 0 Å². The zero-order valence-electron chi connectivity index (χ0n) is 39.6. The molecule has 0 radical (unpaired) electrons. The number of fused-ring (bicyclic) bond motifs is 9. The highest BCUT2D eigenvalue weighted by molar-refractivity contribution is 5.96. The van der Waals surface area contributed by atoms with Crippen LogP contribution in [0.5, 0.6) is 0 Å². The second-order valence-electron chi connectivity index (χ2n) is 19.1. The smallest absolute Gasteiger partial charge is 0.259 e. The number of rotatable bonds is 10. The first-order valence-corrected chi connectivity index (χ1v) is 23.3. The molecular formula is C51H64N10O5. The standard InChI is InChI=1S/C51H64N10O5/c1-10-44(62)58-24-21-36(29-58)49(64)57(8)46(31(3)4)48(63)53-41-26-33-15-12-16-34(25-33)35-19-20-43-38(27-35)39(47(59(43)11-2)37-17-13-22-52-45(37)32(5)66-9)28-51(6,7)61-30-42(54-56-61)40-18-14-23-60(55-40)50(41)65/h10,12-13,15-17,19-20,22,25,27,30-32,36,40-41,46,55H,1,11,14,18,21,23-24,26,28-29H2,2-9H3,(H,53,63)/t32-,36-,40-,41-,46-/m0/s1. The van der Waals surface area contributed by atoms with Gasteiger partial charge in [-0.1, -0.05) is 56.0 Å². The molecule has 8 rings (SSSR count). The average Bonchev–Trinajstić information content (AvgIpc) is 4.09. The van der Waals surface area contributed by atoms with Crippen LogP contribution in [-0.2, 0) is 48.8 Å². The third-order valence-corrected chi connectivity index (χ3v) is 13.9. The fraction of sp³-hybridized carbons (Fsp3) is 0.471. The summed E-state index contributed by atoms with van der Waals surface area (Å²) >= 11 is 0. The van der Waals surface area contributed by atoms with Crippen LogP contribution in [0.15, 0.2) is 79.6 Å². The van der Waals surface area contributed by atoms with Gasteiger partial charge in [0.05, 0.1) is 41.2 Å². The number of aromatic nitrogens is 5. The van der Waals surface area contributed by atoms with Crippen molar-refractivity contribution in [3.63, 3.8) is 0 Å². The van der Waals surface area contributed by atoms with Crippen LogP contribution in [0.4, 0.5) is 0 Å². The first-order valence-electron chi connectivity index (χ1n) is 23.3. The van der Waals surface area contributed by atoms with Crippen LogP contribution < -0.4 is 10.7 Å². The fourth-order valence-corrected chi connectivity index (χ4v) is 10.3. The molecule has 4 amide bonds. The second kappa shape index (κ2) is 19.0. The van der Waals surface area contributed by atoms with Gasteiger partial charge in [-0.2, -0.15) is 0 Å². The minimum atomic E-state index is -0.970. The number of ether oxygens (including phenoxy) is 1. The van der Waals surface area contributed by atoms with Gasteiger partial charge in [0.15, 0.2) is 0 Å². The summed E-state index contributed by atoms with van der Waals surface area (Å²) in [5.41, 5.74) is 11.7. The molecule has 0 aliphatic carbocycles. The first kappa shape index (κ1) is 46.3. The van der Waals surface area contributed by atoms with Gasteiger partial charge in [-0.3, -0.25) is 29.2 Å². The maximum absolute atomic E-state index is 14.9. The van der Waals surface area contributed by atoms with Crippen molar-refractivity contribution in [1.29, 1.82) is 0 Å². The molecule has 5 atom stereocenters. The van der Waals surface area contributed by atoms with Crippen LogP contribution in [-0.4, -0.2) is 109 Å². The summed E-state index contributed by atoms with van der Waals surface area (Å²) in [5, 5.41) is 15.3. The highest BCUT2D eigenvalue weighted by atomic mass is 16.5. The quantitative estimate of drug-likeness (QED) is 0.152. The van der Waals surface area contributed by atoms with Crippen molar-refractivity contribution < 1.29 is 23.9 Å². The number of hydrazine groups is 1. The topological polar surface area (TPSA) is 160 Å². The summed E-state index contributed by atoms with van der Waals surface area (Å²) in [6, 6.07) is 16.8. The van der Waals surface area contributed by atoms with Gasteiger partial charge in [-0.25, -0.2) is 10.1 Å². The number of benzene rings is 2. The van der Waals surface area contributed by atoms with Crippen molar-refractivity contribution in [3.8, 4) is 22.4 Å². The van der Waals surface area contributed by atoms with E-state index in [0.29, 0.717) is 32.4 Å². The highest BCUT2D eigenvalue weighted by Gasteiger charge is 2.40. The number of hydrogen-bond acceptors (Lipinski definition) is 9. The number of amides is 4. The number of aryl methyl sites for hydroxylation is 1. The lowest BCUT2D eigenvalue weighted by atomic mass is 9.89. The summed E-state index contributed by atoms with van der Waals surface area (Å²) in [6.45, 7) is 17.8. The zero-order chi connectivity index (χ0) is 47.0. The van der Waals surface area contributed by atoms with Crippen LogP contribution in [0.1, 0.15) is 95.5 Å². The van der Waals surface area contributed by atoms with E-state index in [1.54, 1.807) is 24.1 Å². The molecule has 348 valence electrons. The van der Waals surface area contributed by atoms with E-state index in [1.807, 2.05) is 56.0 Å². The summed E-state index contributed by atoms with van der Waals surface area (Å²) in [6.07, 6.45) is 7.61. The van der Waals surface area contributed by atoms with Crippen molar-refractivity contribution in [2.45, 2.75) is 110 Å². The lowest BCUT2D eigenvalue weighted by molar-refractivity contribution is -0.146. The maximum atomic E-state index is 14.9. The van der Waals surface area contributed by atoms with Crippen LogP contribution in [0.2, 0.25) is 0 Å². The molecule has 0 unspecified atom stereocenters. The lowest BCUT2D eigenvalue weighted by Gasteiger charge is -2.37. The van der Waals surface area contributed by atoms with E-state index < -0.39 is 29.4 Å². The average molecular weight is 897 g/mol. The highest BCUT2D eigenvalue weighted by Crippen LogP contribution is 2.42. The number of nitrogens with zero attached hydrogens (tertiary/aromatic N) is 8. The Balaban J connectivity index is 1.21. The molecular weight excluding hydrogens is 833 g/mol. The fourth-order valence-electron chi connectivity index (χ4n) is 10.3. The Bertz CT molecular complexity index is 2650. The van der Waals surface area contributed by atoms with Crippen molar-refractivity contribution in [2.24, 2.45) is 11.8 Å². The van der Waals surface area contributed by atoms with E-state index in [1.165, 1.54) is 16.5 Å². The minimum absolute atomic E-state index is 0.209. The molecule has 0 saturated carbocycles. The number of likely N-dealkylation sites (tertiary alicyclic amines) is 1. The SMILES string of the molecule is C=CC(=O)N1CC[C@H](C(=O)N(C)[C@H](C(=O)N[C@H]2Cc3cccc(c3)-c3ccc4c(c3)c(c(-c3cccnc3[C@H](C)OC)n4CC)CC(C)(C)n3cc(nn3)[C@@H]3CCCN(N3)C2=O)C(C)C)C1. The zero-order valence-corrected chi connectivity index (χ0v) is 39.6. The van der Waals surface area contributed by atoms with Gasteiger partial charge < -0.3 is 24.4 Å². The first-order chi connectivity index (χ1) is 31.6. The molecule has 2 saturated heterocycles. The van der Waals surface area contributed by atoms with Crippen molar-refractivity contribution in [3.05, 3.63) is 102 Å². The molecule has 15 heteroatoms. The predicted octanol–water partition coefficient (Wildman–Crippen LogP) is 6.39. The predicted molar refractivity (Wildman–Crippen MR) is 253 cm³/mol. The second-order valence-corrected chi connectivity index (χ2v) is 19.1. The van der Waals surface area contributed by atoms with Gasteiger partial charge in [-0.05, 0) is 112 Å². The van der Waals surface area contributed by atoms with Crippen molar-refractivity contribution >= 4 is 34.5 Å². The monoisotopic (exact) mass is 897 g/mol. The Kier molecular flexibility index (Phi) is 13.3. The molecule has 5 aromatic rings. The van der Waals surface area contributed by atoms with Gasteiger partial charge in [-0.15, -0.1) is 5.10 Å². The molecule has 66 heavy (non-hydrogen) atoms. The van der Waals surface area contributed by atoms with Crippen LogP contribution in [0.3, 0.4) is 0 Å². The molecule has 8 bridgehead atoms. The largest absolute Gasteiger partial charge is 0.375 e. The van der Waals surface area contributed by atoms with E-state index >= 15 is 0 Å². The number of likely N-dealkylation sites (N-methyl/N-ethyl adjacent to an activating group) is 1. The molecule has 2 aromatic carbocycles. The molecule has 2 fully saturated rings. The van der Waals surface area contributed by atoms with E-state index in [0.717, 1.165) is 63.2 Å². The Hall–Kier alpha value is -6.19. The third kappa shape index (κ3) is 8.90. The Labute approximate surface area is 387 Å². The van der Waals surface area contributed by atoms with Gasteiger partial charge in [0, 0.05) is 69.4 Å². The van der Waals surface area contributed by atoms with Gasteiger partial charge in [0.25, 0.3) is 5.91 Å². The van der Waals surface area contributed by atoms with Crippen LogP contribution >= 0.6 is 0 Å². The molecule has 0 spiro atoms. The lowest BCUT2D eigenvalue weighted by Crippen LogP contribution is -2.60. The number of methoxy groups -OCH3 is 1. The van der Waals surface area contributed by atoms with E-state index in [4.69, 9.17) is 20.0 Å². The summed E-state index contributed by atoms with van der Waals surface area (Å²) in [4.78, 5) is 63.7. The molecule has 2 N–H and O–H groups in total. The molecule has 3 aromatic heterocycles. The Morgan fingerprint density at radius 3 is 2.59 bits per heavy atom. The Morgan fingerprint density at radius 2 is 1.85 bits per heavy atom. The normalized spacial score (nSPS) is 20.5. The summed E-state index contributed by atoms with van der Waals surface area (Å²) in [5.74, 6) is -1.85. The molecule has 3 aliphatic rings. The number of carbonyl (C=O) groups is 4. The van der Waals surface area contributed by atoms with Gasteiger partial charge in [0.1, 0.15) is 17.8 Å². The van der Waals surface area contributed by atoms with E-state index in [2.05, 4.69) is 79.1 Å². The van der Waals surface area contributed by atoms with E-state index in [9.17, 15) is 19.2 Å². The molecule has 3 aliphatic heterocycles.